The summed E-state index contributed by atoms with van der Waals surface area (Å²) < 4.78 is 4.75. The summed E-state index contributed by atoms with van der Waals surface area (Å²) in [5.74, 6) is 0.121. The third kappa shape index (κ3) is 10.8. The molecule has 1 unspecified atom stereocenters. The molecule has 0 aromatic rings. The van der Waals surface area contributed by atoms with Crippen LogP contribution in [0.3, 0.4) is 0 Å². The van der Waals surface area contributed by atoms with Crippen molar-refractivity contribution in [3.8, 4) is 0 Å². The van der Waals surface area contributed by atoms with Gasteiger partial charge in [-0.15, -0.1) is 0 Å². The summed E-state index contributed by atoms with van der Waals surface area (Å²) in [5.41, 5.74) is 0. The number of aliphatic hydroxyl groups excluding tert-OH is 1. The second-order valence-electron chi connectivity index (χ2n) is 9.49. The molecule has 0 aliphatic heterocycles. The van der Waals surface area contributed by atoms with Crippen LogP contribution in [0.25, 0.3) is 0 Å². The minimum atomic E-state index is -0.601. The Kier molecular flexibility index (Phi) is 14.2. The Morgan fingerprint density at radius 1 is 1.16 bits per heavy atom. The molecule has 1 aliphatic rings. The van der Waals surface area contributed by atoms with E-state index in [4.69, 9.17) is 4.74 Å². The lowest BCUT2D eigenvalue weighted by molar-refractivity contribution is -0.146. The molecule has 1 fully saturated rings. The summed E-state index contributed by atoms with van der Waals surface area (Å²) in [6.07, 6.45) is 14.1. The topological polar surface area (TPSA) is 92.7 Å². The molecule has 1 saturated carbocycles. The van der Waals surface area contributed by atoms with Crippen molar-refractivity contribution in [1.29, 1.82) is 0 Å². The van der Waals surface area contributed by atoms with Crippen LogP contribution in [0.2, 0.25) is 0 Å². The normalized spacial score (nSPS) is 20.6. The smallest absolute Gasteiger partial charge is 0.328 e. The first-order chi connectivity index (χ1) is 15.3. The Hall–Kier alpha value is -1.69. The number of allylic oxidation sites excluding steroid dienone is 1. The van der Waals surface area contributed by atoms with Gasteiger partial charge in [0.2, 0.25) is 5.91 Å². The summed E-state index contributed by atoms with van der Waals surface area (Å²) in [4.78, 5) is 36.2. The Balaban J connectivity index is 2.28. The van der Waals surface area contributed by atoms with Crippen LogP contribution in [0.1, 0.15) is 97.8 Å². The lowest BCUT2D eigenvalue weighted by atomic mass is 9.89. The molecule has 4 atom stereocenters. The number of esters is 1. The Morgan fingerprint density at radius 2 is 1.88 bits per heavy atom. The number of aliphatic hydroxyl groups is 1. The minimum Gasteiger partial charge on any atom is -0.467 e. The van der Waals surface area contributed by atoms with Gasteiger partial charge in [0.05, 0.1) is 13.2 Å². The van der Waals surface area contributed by atoms with Crippen LogP contribution < -0.4 is 5.32 Å². The van der Waals surface area contributed by atoms with E-state index in [-0.39, 0.29) is 23.7 Å². The number of methoxy groups -OCH3 is 1. The maximum atomic E-state index is 12.3. The van der Waals surface area contributed by atoms with Gasteiger partial charge in [-0.05, 0) is 37.5 Å². The average molecular weight is 452 g/mol. The van der Waals surface area contributed by atoms with Crippen molar-refractivity contribution in [3.05, 3.63) is 12.2 Å². The first-order valence-corrected chi connectivity index (χ1v) is 12.6. The number of carbonyl (C=O) groups excluding carboxylic acids is 3. The quantitative estimate of drug-likeness (QED) is 0.201. The van der Waals surface area contributed by atoms with Crippen LogP contribution in [0, 0.1) is 17.8 Å². The molecule has 0 aromatic carbocycles. The van der Waals surface area contributed by atoms with Crippen molar-refractivity contribution >= 4 is 17.7 Å². The van der Waals surface area contributed by atoms with Crippen LogP contribution in [-0.2, 0) is 19.1 Å². The fourth-order valence-corrected chi connectivity index (χ4v) is 4.38. The SMILES string of the molecule is CCCCC[C@H](O)C=C[C@H]1CCC(=O)[C@@H]1CCCCCCC(=O)NC(C(=O)OC)C(C)C. The summed E-state index contributed by atoms with van der Waals surface area (Å²) in [6.45, 7) is 5.91. The predicted molar refractivity (Wildman–Crippen MR) is 127 cm³/mol. The van der Waals surface area contributed by atoms with Crippen LogP contribution in [-0.4, -0.2) is 42.0 Å². The van der Waals surface area contributed by atoms with Gasteiger partial charge in [-0.1, -0.05) is 71.4 Å². The van der Waals surface area contributed by atoms with Gasteiger partial charge in [0.1, 0.15) is 11.8 Å². The lowest BCUT2D eigenvalue weighted by Crippen LogP contribution is -2.44. The monoisotopic (exact) mass is 451 g/mol. The largest absolute Gasteiger partial charge is 0.467 e. The predicted octanol–water partition coefficient (Wildman–Crippen LogP) is 4.73. The number of amides is 1. The highest BCUT2D eigenvalue weighted by molar-refractivity contribution is 5.84. The zero-order valence-electron chi connectivity index (χ0n) is 20.6. The van der Waals surface area contributed by atoms with E-state index < -0.39 is 18.1 Å². The molecule has 0 saturated heterocycles. The van der Waals surface area contributed by atoms with Gasteiger partial charge in [-0.3, -0.25) is 9.59 Å². The molecule has 184 valence electrons. The van der Waals surface area contributed by atoms with Crippen molar-refractivity contribution in [2.75, 3.05) is 7.11 Å². The number of carbonyl (C=O) groups is 3. The molecule has 1 amide bonds. The maximum Gasteiger partial charge on any atom is 0.328 e. The first-order valence-electron chi connectivity index (χ1n) is 12.6. The second kappa shape index (κ2) is 16.0. The van der Waals surface area contributed by atoms with Gasteiger partial charge in [-0.2, -0.15) is 0 Å². The highest BCUT2D eigenvalue weighted by atomic mass is 16.5. The molecule has 32 heavy (non-hydrogen) atoms. The number of nitrogens with one attached hydrogen (secondary N) is 1. The molecule has 6 heteroatoms. The van der Waals surface area contributed by atoms with Crippen LogP contribution in [0.4, 0.5) is 0 Å². The zero-order valence-corrected chi connectivity index (χ0v) is 20.6. The molecule has 0 aromatic heterocycles. The van der Waals surface area contributed by atoms with E-state index >= 15 is 0 Å². The summed E-state index contributed by atoms with van der Waals surface area (Å²) >= 11 is 0. The van der Waals surface area contributed by atoms with E-state index in [0.29, 0.717) is 18.6 Å². The molecule has 0 bridgehead atoms. The van der Waals surface area contributed by atoms with E-state index in [1.54, 1.807) is 0 Å². The number of unbranched alkanes of at least 4 members (excludes halogenated alkanes) is 5. The van der Waals surface area contributed by atoms with Crippen LogP contribution in [0.5, 0.6) is 0 Å². The van der Waals surface area contributed by atoms with E-state index in [0.717, 1.165) is 64.2 Å². The molecule has 0 heterocycles. The summed E-state index contributed by atoms with van der Waals surface area (Å²) in [7, 11) is 1.33. The molecule has 6 nitrogen and oxygen atoms in total. The Morgan fingerprint density at radius 3 is 2.53 bits per heavy atom. The molecular formula is C26H45NO5. The first kappa shape index (κ1) is 28.3. The van der Waals surface area contributed by atoms with Crippen LogP contribution in [0.15, 0.2) is 12.2 Å². The van der Waals surface area contributed by atoms with Crippen molar-refractivity contribution in [2.45, 2.75) is 110 Å². The molecule has 0 radical (unpaired) electrons. The van der Waals surface area contributed by atoms with E-state index in [9.17, 15) is 19.5 Å². The number of hydrogen-bond donors (Lipinski definition) is 2. The zero-order chi connectivity index (χ0) is 23.9. The van der Waals surface area contributed by atoms with Crippen molar-refractivity contribution in [2.24, 2.45) is 17.8 Å². The highest BCUT2D eigenvalue weighted by Crippen LogP contribution is 2.34. The molecule has 1 aliphatic carbocycles. The van der Waals surface area contributed by atoms with Gasteiger partial charge in [0, 0.05) is 18.8 Å². The van der Waals surface area contributed by atoms with Crippen molar-refractivity contribution in [3.63, 3.8) is 0 Å². The summed E-state index contributed by atoms with van der Waals surface area (Å²) in [6, 6.07) is -0.601. The molecule has 2 N–H and O–H groups in total. The maximum absolute atomic E-state index is 12.3. The van der Waals surface area contributed by atoms with Gasteiger partial charge < -0.3 is 15.2 Å². The third-order valence-corrected chi connectivity index (χ3v) is 6.45. The lowest BCUT2D eigenvalue weighted by Gasteiger charge is -2.19. The third-order valence-electron chi connectivity index (χ3n) is 6.45. The number of Topliss-reactive ketones (excluding diaryl/α,β-unsaturated/α-hetero) is 1. The van der Waals surface area contributed by atoms with Crippen LogP contribution >= 0.6 is 0 Å². The molecule has 1 rings (SSSR count). The Bertz CT molecular complexity index is 601. The van der Waals surface area contributed by atoms with Gasteiger partial charge in [0.15, 0.2) is 0 Å². The van der Waals surface area contributed by atoms with Crippen molar-refractivity contribution in [1.82, 2.24) is 5.32 Å². The van der Waals surface area contributed by atoms with E-state index in [1.165, 1.54) is 7.11 Å². The van der Waals surface area contributed by atoms with E-state index in [1.807, 2.05) is 19.9 Å². The standard InChI is InChI=1S/C26H45NO5/c1-5-6-9-12-21(28)17-15-20-16-18-23(29)22(20)13-10-7-8-11-14-24(30)27-25(19(2)3)26(31)32-4/h15,17,19-22,25,28H,5-14,16,18H2,1-4H3,(H,27,30)/t20-,21-,22+,25?/m0/s1. The second-order valence-corrected chi connectivity index (χ2v) is 9.49. The van der Waals surface area contributed by atoms with E-state index in [2.05, 4.69) is 18.3 Å². The summed E-state index contributed by atoms with van der Waals surface area (Å²) in [5, 5.41) is 12.9. The number of hydrogen-bond acceptors (Lipinski definition) is 5. The van der Waals surface area contributed by atoms with Gasteiger partial charge >= 0.3 is 5.97 Å². The Labute approximate surface area is 194 Å². The fraction of sp³-hybridized carbons (Fsp3) is 0.808. The number of rotatable bonds is 16. The minimum absolute atomic E-state index is 0.0187. The number of ether oxygens (including phenoxy) is 1. The van der Waals surface area contributed by atoms with Gasteiger partial charge in [-0.25, -0.2) is 4.79 Å². The highest BCUT2D eigenvalue weighted by Gasteiger charge is 2.32. The molecule has 0 spiro atoms. The number of ketones is 1. The molecular weight excluding hydrogens is 406 g/mol. The van der Waals surface area contributed by atoms with Crippen molar-refractivity contribution < 1.29 is 24.2 Å². The van der Waals surface area contributed by atoms with Gasteiger partial charge in [0.25, 0.3) is 0 Å². The fourth-order valence-electron chi connectivity index (χ4n) is 4.38. The average Bonchev–Trinajstić information content (AvgIpc) is 3.11.